The summed E-state index contributed by atoms with van der Waals surface area (Å²) in [6.45, 7) is 3.24. The van der Waals surface area contributed by atoms with Crippen molar-refractivity contribution in [3.05, 3.63) is 65.2 Å². The summed E-state index contributed by atoms with van der Waals surface area (Å²) in [6.07, 6.45) is 2.51. The Morgan fingerprint density at radius 1 is 1.03 bits per heavy atom. The molecule has 1 amide bonds. The van der Waals surface area contributed by atoms with Gasteiger partial charge in [0.1, 0.15) is 12.6 Å². The maximum absolute atomic E-state index is 12.4. The second kappa shape index (κ2) is 9.65. The standard InChI is InChI=1S/C21H24N4O3S/c22-13-17-7-3-4-10-20(17)29(27,28)24-15-21(26)23-14-18-8-1-2-9-19(18)16-25-11-5-6-12-25/h1-4,7-10,24H,5-6,11-12,14-16H2,(H,23,26)/p+1. The number of rotatable bonds is 8. The van der Waals surface area contributed by atoms with Gasteiger partial charge in [-0.05, 0) is 17.7 Å². The van der Waals surface area contributed by atoms with Crippen molar-refractivity contribution in [3.8, 4) is 6.07 Å². The van der Waals surface area contributed by atoms with Crippen molar-refractivity contribution < 1.29 is 18.1 Å². The first-order chi connectivity index (χ1) is 14.0. The number of likely N-dealkylation sites (tertiary alicyclic amines) is 1. The van der Waals surface area contributed by atoms with Crippen molar-refractivity contribution >= 4 is 15.9 Å². The Morgan fingerprint density at radius 2 is 1.69 bits per heavy atom. The van der Waals surface area contributed by atoms with E-state index in [0.717, 1.165) is 12.1 Å². The molecule has 1 fully saturated rings. The molecule has 8 heteroatoms. The van der Waals surface area contributed by atoms with Gasteiger partial charge in [-0.2, -0.15) is 5.26 Å². The number of benzene rings is 2. The third-order valence-electron chi connectivity index (χ3n) is 5.07. The van der Waals surface area contributed by atoms with Crippen LogP contribution in [0.25, 0.3) is 0 Å². The van der Waals surface area contributed by atoms with Gasteiger partial charge in [-0.1, -0.05) is 36.4 Å². The quantitative estimate of drug-likeness (QED) is 0.580. The lowest BCUT2D eigenvalue weighted by atomic mass is 10.1. The van der Waals surface area contributed by atoms with E-state index in [9.17, 15) is 13.2 Å². The summed E-state index contributed by atoms with van der Waals surface area (Å²) in [5, 5.41) is 11.9. The fourth-order valence-electron chi connectivity index (χ4n) is 3.51. The Bertz CT molecular complexity index is 1010. The van der Waals surface area contributed by atoms with E-state index < -0.39 is 15.9 Å². The second-order valence-corrected chi connectivity index (χ2v) is 8.85. The average molecular weight is 414 g/mol. The van der Waals surface area contributed by atoms with Gasteiger partial charge in [-0.3, -0.25) is 4.79 Å². The first kappa shape index (κ1) is 21.0. The number of carbonyl (C=O) groups excluding carboxylic acids is 1. The molecule has 152 valence electrons. The Balaban J connectivity index is 1.56. The van der Waals surface area contributed by atoms with Crippen LogP contribution < -0.4 is 14.9 Å². The molecular formula is C21H25N4O3S+. The van der Waals surface area contributed by atoms with E-state index in [0.29, 0.717) is 6.54 Å². The van der Waals surface area contributed by atoms with Crippen molar-refractivity contribution in [2.24, 2.45) is 0 Å². The fourth-order valence-corrected chi connectivity index (χ4v) is 4.65. The van der Waals surface area contributed by atoms with Gasteiger partial charge in [-0.25, -0.2) is 13.1 Å². The van der Waals surface area contributed by atoms with Gasteiger partial charge in [-0.15, -0.1) is 0 Å². The Labute approximate surface area is 171 Å². The van der Waals surface area contributed by atoms with E-state index in [1.165, 1.54) is 49.7 Å². The molecule has 1 aliphatic heterocycles. The number of quaternary nitrogens is 1. The molecule has 0 bridgehead atoms. The van der Waals surface area contributed by atoms with Gasteiger partial charge in [0.05, 0.1) is 30.1 Å². The normalized spacial score (nSPS) is 14.4. The number of sulfonamides is 1. The predicted molar refractivity (Wildman–Crippen MR) is 108 cm³/mol. The fraction of sp³-hybridized carbons (Fsp3) is 0.333. The number of hydrogen-bond acceptors (Lipinski definition) is 4. The topological polar surface area (TPSA) is 104 Å². The van der Waals surface area contributed by atoms with Crippen molar-refractivity contribution in [3.63, 3.8) is 0 Å². The van der Waals surface area contributed by atoms with Crippen LogP contribution >= 0.6 is 0 Å². The molecule has 1 saturated heterocycles. The molecule has 1 aliphatic rings. The summed E-state index contributed by atoms with van der Waals surface area (Å²) in [5.74, 6) is -0.425. The van der Waals surface area contributed by atoms with Crippen LogP contribution in [0.4, 0.5) is 0 Å². The molecule has 1 heterocycles. The van der Waals surface area contributed by atoms with Gasteiger partial charge >= 0.3 is 0 Å². The van der Waals surface area contributed by atoms with Crippen LogP contribution in [0.2, 0.25) is 0 Å². The zero-order valence-corrected chi connectivity index (χ0v) is 17.0. The lowest BCUT2D eigenvalue weighted by Gasteiger charge is -2.15. The highest BCUT2D eigenvalue weighted by Gasteiger charge is 2.20. The highest BCUT2D eigenvalue weighted by molar-refractivity contribution is 7.89. The number of carbonyl (C=O) groups is 1. The van der Waals surface area contributed by atoms with Crippen molar-refractivity contribution in [2.75, 3.05) is 19.6 Å². The molecule has 0 aliphatic carbocycles. The van der Waals surface area contributed by atoms with Gasteiger partial charge < -0.3 is 10.2 Å². The smallest absolute Gasteiger partial charge is 0.242 e. The van der Waals surface area contributed by atoms with Crippen molar-refractivity contribution in [2.45, 2.75) is 30.8 Å². The molecular weight excluding hydrogens is 388 g/mol. The summed E-state index contributed by atoms with van der Waals surface area (Å²) >= 11 is 0. The van der Waals surface area contributed by atoms with E-state index >= 15 is 0 Å². The van der Waals surface area contributed by atoms with E-state index in [1.807, 2.05) is 24.3 Å². The SMILES string of the molecule is N#Cc1ccccc1S(=O)(=O)NCC(=O)NCc1ccccc1C[NH+]1CCCC1. The van der Waals surface area contributed by atoms with Crippen molar-refractivity contribution in [1.82, 2.24) is 10.0 Å². The number of nitriles is 1. The van der Waals surface area contributed by atoms with Crippen LogP contribution in [-0.2, 0) is 27.9 Å². The van der Waals surface area contributed by atoms with Crippen LogP contribution in [-0.4, -0.2) is 34.0 Å². The summed E-state index contributed by atoms with van der Waals surface area (Å²) in [4.78, 5) is 13.6. The third kappa shape index (κ3) is 5.64. The number of nitrogens with zero attached hydrogens (tertiary/aromatic N) is 1. The van der Waals surface area contributed by atoms with E-state index in [-0.39, 0.29) is 17.0 Å². The monoisotopic (exact) mass is 413 g/mol. The minimum absolute atomic E-state index is 0.0405. The average Bonchev–Trinajstić information content (AvgIpc) is 3.25. The van der Waals surface area contributed by atoms with E-state index in [2.05, 4.69) is 16.1 Å². The lowest BCUT2D eigenvalue weighted by molar-refractivity contribution is -0.901. The molecule has 3 rings (SSSR count). The third-order valence-corrected chi connectivity index (χ3v) is 6.52. The van der Waals surface area contributed by atoms with Gasteiger partial charge in [0.15, 0.2) is 0 Å². The Morgan fingerprint density at radius 3 is 2.41 bits per heavy atom. The number of amides is 1. The maximum Gasteiger partial charge on any atom is 0.242 e. The van der Waals surface area contributed by atoms with Gasteiger partial charge in [0, 0.05) is 24.9 Å². The minimum atomic E-state index is -3.94. The molecule has 29 heavy (non-hydrogen) atoms. The summed E-state index contributed by atoms with van der Waals surface area (Å²) in [7, 11) is -3.94. The van der Waals surface area contributed by atoms with Crippen LogP contribution in [0.5, 0.6) is 0 Å². The van der Waals surface area contributed by atoms with Crippen LogP contribution in [0.3, 0.4) is 0 Å². The zero-order chi connectivity index (χ0) is 20.7. The Kier molecular flexibility index (Phi) is 6.99. The molecule has 0 aromatic heterocycles. The maximum atomic E-state index is 12.4. The van der Waals surface area contributed by atoms with E-state index in [1.54, 1.807) is 11.0 Å². The van der Waals surface area contributed by atoms with Crippen LogP contribution in [0, 0.1) is 11.3 Å². The minimum Gasteiger partial charge on any atom is -0.351 e. The molecule has 7 nitrogen and oxygen atoms in total. The molecule has 2 aromatic rings. The number of hydrogen-bond donors (Lipinski definition) is 3. The molecule has 0 spiro atoms. The molecule has 0 atom stereocenters. The number of nitrogens with one attached hydrogen (secondary N) is 3. The molecule has 3 N–H and O–H groups in total. The van der Waals surface area contributed by atoms with Crippen molar-refractivity contribution in [1.29, 1.82) is 5.26 Å². The first-order valence-electron chi connectivity index (χ1n) is 9.65. The van der Waals surface area contributed by atoms with Gasteiger partial charge in [0.2, 0.25) is 15.9 Å². The Hall–Kier alpha value is -2.73. The summed E-state index contributed by atoms with van der Waals surface area (Å²) in [6, 6.07) is 15.7. The molecule has 2 aromatic carbocycles. The molecule has 0 radical (unpaired) electrons. The van der Waals surface area contributed by atoms with Crippen LogP contribution in [0.15, 0.2) is 53.4 Å². The summed E-state index contributed by atoms with van der Waals surface area (Å²) < 4.78 is 27.1. The van der Waals surface area contributed by atoms with E-state index in [4.69, 9.17) is 5.26 Å². The van der Waals surface area contributed by atoms with Crippen LogP contribution in [0.1, 0.15) is 29.5 Å². The molecule has 0 saturated carbocycles. The molecule has 0 unspecified atom stereocenters. The summed E-state index contributed by atoms with van der Waals surface area (Å²) in [5.41, 5.74) is 2.28. The largest absolute Gasteiger partial charge is 0.351 e. The zero-order valence-electron chi connectivity index (χ0n) is 16.1. The van der Waals surface area contributed by atoms with Gasteiger partial charge in [0.25, 0.3) is 0 Å². The highest BCUT2D eigenvalue weighted by Crippen LogP contribution is 2.13. The second-order valence-electron chi connectivity index (χ2n) is 7.11. The first-order valence-corrected chi connectivity index (χ1v) is 11.1. The highest BCUT2D eigenvalue weighted by atomic mass is 32.2. The predicted octanol–water partition coefficient (Wildman–Crippen LogP) is 0.332. The lowest BCUT2D eigenvalue weighted by Crippen LogP contribution is -3.08.